The fraction of sp³-hybridized carbons (Fsp3) is 0.231. The van der Waals surface area contributed by atoms with Gasteiger partial charge in [0.15, 0.2) is 0 Å². The molecule has 6 heteroatoms. The van der Waals surface area contributed by atoms with Crippen molar-refractivity contribution in [1.82, 2.24) is 0 Å². The lowest BCUT2D eigenvalue weighted by Gasteiger charge is -2.02. The number of hydrogen-bond donors (Lipinski definition) is 0. The normalized spacial score (nSPS) is 10.7. The smallest absolute Gasteiger partial charge is 0.348 e. The van der Waals surface area contributed by atoms with E-state index in [2.05, 4.69) is 0 Å². The van der Waals surface area contributed by atoms with Gasteiger partial charge in [0.25, 0.3) is 5.69 Å². The van der Waals surface area contributed by atoms with Gasteiger partial charge in [0.05, 0.1) is 11.5 Å². The Kier molecular flexibility index (Phi) is 4.77. The van der Waals surface area contributed by atoms with E-state index in [9.17, 15) is 14.9 Å². The molecule has 1 aromatic carbocycles. The van der Waals surface area contributed by atoms with Crippen LogP contribution in [0.15, 0.2) is 23.8 Å². The van der Waals surface area contributed by atoms with E-state index in [1.807, 2.05) is 0 Å². The van der Waals surface area contributed by atoms with Crippen LogP contribution in [-0.4, -0.2) is 17.5 Å². The molecule has 0 radical (unpaired) electrons. The second-order valence-electron chi connectivity index (χ2n) is 3.69. The lowest BCUT2D eigenvalue weighted by Crippen LogP contribution is -2.06. The molecular formula is C13H12N2O4. The van der Waals surface area contributed by atoms with Crippen molar-refractivity contribution in [3.8, 4) is 6.07 Å². The van der Waals surface area contributed by atoms with Gasteiger partial charge in [-0.3, -0.25) is 10.1 Å². The molecular weight excluding hydrogens is 248 g/mol. The second kappa shape index (κ2) is 6.31. The average Bonchev–Trinajstić information content (AvgIpc) is 2.37. The van der Waals surface area contributed by atoms with Crippen molar-refractivity contribution >= 4 is 17.7 Å². The van der Waals surface area contributed by atoms with Crippen molar-refractivity contribution < 1.29 is 14.5 Å². The molecule has 0 aromatic heterocycles. The van der Waals surface area contributed by atoms with E-state index in [4.69, 9.17) is 10.00 Å². The van der Waals surface area contributed by atoms with Crippen LogP contribution in [0.1, 0.15) is 18.1 Å². The van der Waals surface area contributed by atoms with Gasteiger partial charge >= 0.3 is 5.97 Å². The zero-order chi connectivity index (χ0) is 14.4. The third-order valence-electron chi connectivity index (χ3n) is 2.39. The highest BCUT2D eigenvalue weighted by atomic mass is 16.6. The Bertz CT molecular complexity index is 585. The summed E-state index contributed by atoms with van der Waals surface area (Å²) in [5.74, 6) is -0.740. The third kappa shape index (κ3) is 3.64. The molecule has 98 valence electrons. The Labute approximate surface area is 110 Å². The van der Waals surface area contributed by atoms with E-state index in [0.29, 0.717) is 5.56 Å². The molecule has 0 N–H and O–H groups in total. The number of benzene rings is 1. The molecule has 0 aliphatic carbocycles. The SMILES string of the molecule is CCOC(=O)C(C#N)=Cc1cc([N+](=O)[O-])ccc1C. The van der Waals surface area contributed by atoms with Crippen LogP contribution in [0.4, 0.5) is 5.69 Å². The Morgan fingerprint density at radius 2 is 2.26 bits per heavy atom. The van der Waals surface area contributed by atoms with Crippen LogP contribution in [0.2, 0.25) is 0 Å². The van der Waals surface area contributed by atoms with E-state index in [-0.39, 0.29) is 17.9 Å². The quantitative estimate of drug-likeness (QED) is 0.272. The fourth-order valence-electron chi connectivity index (χ4n) is 1.40. The van der Waals surface area contributed by atoms with Crippen molar-refractivity contribution in [2.24, 2.45) is 0 Å². The highest BCUT2D eigenvalue weighted by Crippen LogP contribution is 2.20. The van der Waals surface area contributed by atoms with Crippen LogP contribution in [0, 0.1) is 28.4 Å². The minimum Gasteiger partial charge on any atom is -0.462 e. The minimum absolute atomic E-state index is 0.0991. The first kappa shape index (κ1) is 14.4. The highest BCUT2D eigenvalue weighted by Gasteiger charge is 2.12. The largest absolute Gasteiger partial charge is 0.462 e. The zero-order valence-electron chi connectivity index (χ0n) is 10.5. The number of carbonyl (C=O) groups excluding carboxylic acids is 1. The maximum absolute atomic E-state index is 11.5. The van der Waals surface area contributed by atoms with Gasteiger partial charge in [0, 0.05) is 12.1 Å². The predicted molar refractivity (Wildman–Crippen MR) is 68.1 cm³/mol. The van der Waals surface area contributed by atoms with Gasteiger partial charge in [0.2, 0.25) is 0 Å². The van der Waals surface area contributed by atoms with Crippen LogP contribution in [0.5, 0.6) is 0 Å². The number of carbonyl (C=O) groups is 1. The Balaban J connectivity index is 3.22. The maximum atomic E-state index is 11.5. The van der Waals surface area contributed by atoms with Gasteiger partial charge < -0.3 is 4.74 Å². The molecule has 0 bridgehead atoms. The van der Waals surface area contributed by atoms with Crippen molar-refractivity contribution in [2.75, 3.05) is 6.61 Å². The summed E-state index contributed by atoms with van der Waals surface area (Å²) in [5, 5.41) is 19.6. The molecule has 0 aliphatic heterocycles. The zero-order valence-corrected chi connectivity index (χ0v) is 10.5. The van der Waals surface area contributed by atoms with Gasteiger partial charge in [-0.05, 0) is 31.1 Å². The Hall–Kier alpha value is -2.68. The Morgan fingerprint density at radius 3 is 2.79 bits per heavy atom. The molecule has 1 rings (SSSR count). The van der Waals surface area contributed by atoms with Crippen LogP contribution in [0.3, 0.4) is 0 Å². The van der Waals surface area contributed by atoms with Gasteiger partial charge in [-0.1, -0.05) is 6.07 Å². The minimum atomic E-state index is -0.740. The molecule has 1 aromatic rings. The Morgan fingerprint density at radius 1 is 1.58 bits per heavy atom. The van der Waals surface area contributed by atoms with Crippen LogP contribution in [-0.2, 0) is 9.53 Å². The van der Waals surface area contributed by atoms with E-state index in [0.717, 1.165) is 5.56 Å². The van der Waals surface area contributed by atoms with Gasteiger partial charge in [-0.25, -0.2) is 4.79 Å². The standard InChI is InChI=1S/C13H12N2O4/c1-3-19-13(16)11(8-14)6-10-7-12(15(17)18)5-4-9(10)2/h4-7H,3H2,1-2H3. The lowest BCUT2D eigenvalue weighted by atomic mass is 10.1. The number of hydrogen-bond acceptors (Lipinski definition) is 5. The molecule has 0 atom stereocenters. The molecule has 0 saturated carbocycles. The summed E-state index contributed by atoms with van der Waals surface area (Å²) in [6.45, 7) is 3.52. The first-order valence-corrected chi connectivity index (χ1v) is 5.53. The van der Waals surface area contributed by atoms with Crippen LogP contribution < -0.4 is 0 Å². The van der Waals surface area contributed by atoms with Crippen LogP contribution in [0.25, 0.3) is 6.08 Å². The number of nitriles is 1. The topological polar surface area (TPSA) is 93.2 Å². The number of aryl methyl sites for hydroxylation is 1. The van der Waals surface area contributed by atoms with Crippen LogP contribution >= 0.6 is 0 Å². The van der Waals surface area contributed by atoms with Gasteiger partial charge in [-0.2, -0.15) is 5.26 Å². The van der Waals surface area contributed by atoms with Crippen molar-refractivity contribution in [3.63, 3.8) is 0 Å². The first-order chi connectivity index (χ1) is 8.99. The molecule has 0 amide bonds. The van der Waals surface area contributed by atoms with E-state index in [1.54, 1.807) is 26.0 Å². The summed E-state index contributed by atoms with van der Waals surface area (Å²) in [6, 6.07) is 5.96. The van der Waals surface area contributed by atoms with Gasteiger partial charge in [0.1, 0.15) is 11.6 Å². The summed E-state index contributed by atoms with van der Waals surface area (Å²) < 4.78 is 4.72. The summed E-state index contributed by atoms with van der Waals surface area (Å²) in [4.78, 5) is 21.6. The molecule has 0 unspecified atom stereocenters. The fourth-order valence-corrected chi connectivity index (χ4v) is 1.40. The van der Waals surface area contributed by atoms with Crippen molar-refractivity contribution in [2.45, 2.75) is 13.8 Å². The molecule has 0 fully saturated rings. The number of non-ortho nitro benzene ring substituents is 1. The number of nitro benzene ring substituents is 1. The predicted octanol–water partition coefficient (Wildman–Crippen LogP) is 2.37. The molecule has 0 aliphatic rings. The molecule has 0 heterocycles. The average molecular weight is 260 g/mol. The second-order valence-corrected chi connectivity index (χ2v) is 3.69. The number of esters is 1. The number of nitrogens with zero attached hydrogens (tertiary/aromatic N) is 2. The van der Waals surface area contributed by atoms with E-state index in [1.165, 1.54) is 18.2 Å². The first-order valence-electron chi connectivity index (χ1n) is 5.53. The van der Waals surface area contributed by atoms with Gasteiger partial charge in [-0.15, -0.1) is 0 Å². The molecule has 19 heavy (non-hydrogen) atoms. The number of ether oxygens (including phenoxy) is 1. The highest BCUT2D eigenvalue weighted by molar-refractivity contribution is 5.98. The maximum Gasteiger partial charge on any atom is 0.348 e. The third-order valence-corrected chi connectivity index (χ3v) is 2.39. The van der Waals surface area contributed by atoms with Crippen molar-refractivity contribution in [1.29, 1.82) is 5.26 Å². The van der Waals surface area contributed by atoms with E-state index >= 15 is 0 Å². The summed E-state index contributed by atoms with van der Waals surface area (Å²) in [5.41, 5.74) is 0.880. The summed E-state index contributed by atoms with van der Waals surface area (Å²) in [6.07, 6.45) is 1.29. The molecule has 0 saturated heterocycles. The lowest BCUT2D eigenvalue weighted by molar-refractivity contribution is -0.384. The number of rotatable bonds is 4. The molecule has 0 spiro atoms. The van der Waals surface area contributed by atoms with Crippen molar-refractivity contribution in [3.05, 3.63) is 45.0 Å². The number of nitro groups is 1. The summed E-state index contributed by atoms with van der Waals surface area (Å²) in [7, 11) is 0. The molecule has 6 nitrogen and oxygen atoms in total. The monoisotopic (exact) mass is 260 g/mol. The summed E-state index contributed by atoms with van der Waals surface area (Å²) >= 11 is 0. The van der Waals surface area contributed by atoms with E-state index < -0.39 is 10.9 Å².